The average Bonchev–Trinajstić information content (AvgIpc) is 3.04. The molecule has 23 heavy (non-hydrogen) atoms. The third-order valence-electron chi connectivity index (χ3n) is 4.46. The van der Waals surface area contributed by atoms with Gasteiger partial charge in [-0.1, -0.05) is 23.7 Å². The normalized spacial score (nSPS) is 19.2. The van der Waals surface area contributed by atoms with Gasteiger partial charge >= 0.3 is 0 Å². The summed E-state index contributed by atoms with van der Waals surface area (Å²) in [6.45, 7) is 1.06. The summed E-state index contributed by atoms with van der Waals surface area (Å²) in [5, 5.41) is 7.72. The molecule has 2 N–H and O–H groups in total. The van der Waals surface area contributed by atoms with Crippen molar-refractivity contribution in [3.63, 3.8) is 0 Å². The summed E-state index contributed by atoms with van der Waals surface area (Å²) >= 11 is 6.17. The fourth-order valence-corrected chi connectivity index (χ4v) is 3.39. The van der Waals surface area contributed by atoms with E-state index in [1.165, 1.54) is 6.42 Å². The zero-order chi connectivity index (χ0) is 15.8. The van der Waals surface area contributed by atoms with Gasteiger partial charge in [0.15, 0.2) is 0 Å². The molecule has 0 radical (unpaired) electrons. The van der Waals surface area contributed by atoms with Gasteiger partial charge in [0.05, 0.1) is 17.5 Å². The van der Waals surface area contributed by atoms with Crippen molar-refractivity contribution in [3.05, 3.63) is 53.1 Å². The molecule has 2 heterocycles. The lowest BCUT2D eigenvalue weighted by Crippen LogP contribution is -2.43. The van der Waals surface area contributed by atoms with Crippen molar-refractivity contribution in [2.75, 3.05) is 18.9 Å². The number of fused-ring (bicyclic) bond motifs is 2. The largest absolute Gasteiger partial charge is 0.353 e. The number of anilines is 2. The number of aliphatic imine (C=N–C) groups is 1. The molecule has 0 spiro atoms. The van der Waals surface area contributed by atoms with Crippen LogP contribution in [0.5, 0.6) is 0 Å². The van der Waals surface area contributed by atoms with Crippen LogP contribution in [0.25, 0.3) is 0 Å². The van der Waals surface area contributed by atoms with Crippen molar-refractivity contribution in [2.45, 2.75) is 19.0 Å². The van der Waals surface area contributed by atoms with E-state index in [0.717, 1.165) is 41.4 Å². The van der Waals surface area contributed by atoms with E-state index in [1.54, 1.807) is 0 Å². The molecule has 2 aromatic carbocycles. The number of amidine groups is 1. The molecule has 4 nitrogen and oxygen atoms in total. The van der Waals surface area contributed by atoms with Crippen molar-refractivity contribution >= 4 is 34.5 Å². The zero-order valence-corrected chi connectivity index (χ0v) is 13.8. The summed E-state index contributed by atoms with van der Waals surface area (Å²) in [5.41, 5.74) is 4.02. The van der Waals surface area contributed by atoms with Gasteiger partial charge in [-0.3, -0.25) is 5.32 Å². The van der Waals surface area contributed by atoms with Crippen molar-refractivity contribution in [1.82, 2.24) is 10.2 Å². The van der Waals surface area contributed by atoms with Gasteiger partial charge in [0.1, 0.15) is 5.84 Å². The van der Waals surface area contributed by atoms with Gasteiger partial charge in [-0.05, 0) is 49.7 Å². The van der Waals surface area contributed by atoms with Gasteiger partial charge in [-0.15, -0.1) is 0 Å². The second kappa shape index (κ2) is 5.87. The van der Waals surface area contributed by atoms with E-state index >= 15 is 0 Å². The second-order valence-corrected chi connectivity index (χ2v) is 6.43. The summed E-state index contributed by atoms with van der Waals surface area (Å²) < 4.78 is 0. The summed E-state index contributed by atoms with van der Waals surface area (Å²) in [7, 11) is 2.11. The van der Waals surface area contributed by atoms with Crippen molar-refractivity contribution in [3.8, 4) is 0 Å². The molecule has 2 aromatic rings. The standard InChI is InChI=1S/C18H19ClN4/c1-23(17-7-4-10-20-17)18-13-5-2-3-6-14(13)21-15-9-8-12(19)11-16(15)22-18/h2-3,5-6,8-9,11,17,20-21H,4,7,10H2,1H3/t17-/m0/s1. The predicted molar refractivity (Wildman–Crippen MR) is 96.2 cm³/mol. The highest BCUT2D eigenvalue weighted by atomic mass is 35.5. The smallest absolute Gasteiger partial charge is 0.139 e. The quantitative estimate of drug-likeness (QED) is 0.828. The van der Waals surface area contributed by atoms with Crippen LogP contribution in [0.4, 0.5) is 17.1 Å². The summed E-state index contributed by atoms with van der Waals surface area (Å²) in [6, 6.07) is 14.1. The van der Waals surface area contributed by atoms with Gasteiger partial charge in [-0.25, -0.2) is 4.99 Å². The Morgan fingerprint density at radius 3 is 2.87 bits per heavy atom. The predicted octanol–water partition coefficient (Wildman–Crippen LogP) is 4.12. The van der Waals surface area contributed by atoms with Crippen LogP contribution in [0.3, 0.4) is 0 Å². The molecule has 0 unspecified atom stereocenters. The molecular weight excluding hydrogens is 308 g/mol. The van der Waals surface area contributed by atoms with Crippen LogP contribution >= 0.6 is 11.6 Å². The van der Waals surface area contributed by atoms with Crippen LogP contribution in [0.15, 0.2) is 47.5 Å². The molecular formula is C18H19ClN4. The summed E-state index contributed by atoms with van der Waals surface area (Å²) in [5.74, 6) is 0.966. The van der Waals surface area contributed by atoms with Crippen LogP contribution < -0.4 is 10.6 Å². The van der Waals surface area contributed by atoms with Gasteiger partial charge < -0.3 is 10.2 Å². The first-order valence-electron chi connectivity index (χ1n) is 7.93. The fraction of sp³-hybridized carbons (Fsp3) is 0.278. The van der Waals surface area contributed by atoms with Gasteiger partial charge in [0, 0.05) is 23.3 Å². The Bertz CT molecular complexity index is 765. The van der Waals surface area contributed by atoms with Crippen LogP contribution in [0.1, 0.15) is 18.4 Å². The van der Waals surface area contributed by atoms with Gasteiger partial charge in [0.25, 0.3) is 0 Å². The first kappa shape index (κ1) is 14.5. The first-order chi connectivity index (χ1) is 11.2. The molecule has 1 saturated heterocycles. The lowest BCUT2D eigenvalue weighted by molar-refractivity contribution is 0.342. The molecule has 0 bridgehead atoms. The minimum atomic E-state index is 0.322. The van der Waals surface area contributed by atoms with E-state index in [1.807, 2.05) is 24.3 Å². The Labute approximate surface area is 141 Å². The minimum absolute atomic E-state index is 0.322. The van der Waals surface area contributed by atoms with Crippen LogP contribution in [0, 0.1) is 0 Å². The highest BCUT2D eigenvalue weighted by molar-refractivity contribution is 6.31. The number of benzene rings is 2. The molecule has 1 atom stereocenters. The maximum atomic E-state index is 6.17. The summed E-state index contributed by atoms with van der Waals surface area (Å²) in [4.78, 5) is 7.18. The number of para-hydroxylation sites is 1. The second-order valence-electron chi connectivity index (χ2n) is 5.99. The molecule has 2 aliphatic rings. The Morgan fingerprint density at radius 1 is 1.17 bits per heavy atom. The summed E-state index contributed by atoms with van der Waals surface area (Å²) in [6.07, 6.45) is 2.65. The molecule has 5 heteroatoms. The van der Waals surface area contributed by atoms with E-state index in [0.29, 0.717) is 11.2 Å². The molecule has 0 saturated carbocycles. The van der Waals surface area contributed by atoms with Gasteiger partial charge in [-0.2, -0.15) is 0 Å². The van der Waals surface area contributed by atoms with E-state index in [4.69, 9.17) is 16.6 Å². The number of nitrogens with zero attached hydrogens (tertiary/aromatic N) is 2. The highest BCUT2D eigenvalue weighted by Gasteiger charge is 2.25. The number of halogens is 1. The zero-order valence-electron chi connectivity index (χ0n) is 13.0. The fourth-order valence-electron chi connectivity index (χ4n) is 3.22. The maximum Gasteiger partial charge on any atom is 0.139 e. The topological polar surface area (TPSA) is 39.7 Å². The Morgan fingerprint density at radius 2 is 2.04 bits per heavy atom. The highest BCUT2D eigenvalue weighted by Crippen LogP contribution is 2.36. The van der Waals surface area contributed by atoms with Crippen LogP contribution in [-0.2, 0) is 0 Å². The van der Waals surface area contributed by atoms with Crippen LogP contribution in [-0.4, -0.2) is 30.5 Å². The molecule has 4 rings (SSSR count). The van der Waals surface area contributed by atoms with Crippen LogP contribution in [0.2, 0.25) is 5.02 Å². The molecule has 2 aliphatic heterocycles. The molecule has 0 aromatic heterocycles. The SMILES string of the molecule is CN(C1=Nc2cc(Cl)ccc2Nc2ccccc21)[C@H]1CCCN1. The lowest BCUT2D eigenvalue weighted by Gasteiger charge is -2.28. The third-order valence-corrected chi connectivity index (χ3v) is 4.69. The Hall–Kier alpha value is -2.04. The lowest BCUT2D eigenvalue weighted by atomic mass is 10.1. The van der Waals surface area contributed by atoms with E-state index in [9.17, 15) is 0 Å². The number of hydrogen-bond donors (Lipinski definition) is 2. The van der Waals surface area contributed by atoms with E-state index in [2.05, 4.69) is 40.8 Å². The molecule has 118 valence electrons. The van der Waals surface area contributed by atoms with Crippen molar-refractivity contribution < 1.29 is 0 Å². The van der Waals surface area contributed by atoms with Gasteiger partial charge in [0.2, 0.25) is 0 Å². The maximum absolute atomic E-state index is 6.17. The monoisotopic (exact) mass is 326 g/mol. The number of rotatable bonds is 1. The minimum Gasteiger partial charge on any atom is -0.353 e. The van der Waals surface area contributed by atoms with Crippen molar-refractivity contribution in [1.29, 1.82) is 0 Å². The molecule has 0 aliphatic carbocycles. The Balaban J connectivity index is 1.86. The molecule has 0 amide bonds. The molecule has 1 fully saturated rings. The Kier molecular flexibility index (Phi) is 3.71. The number of nitrogens with one attached hydrogen (secondary N) is 2. The van der Waals surface area contributed by atoms with Crippen molar-refractivity contribution in [2.24, 2.45) is 4.99 Å². The van der Waals surface area contributed by atoms with E-state index in [-0.39, 0.29) is 0 Å². The van der Waals surface area contributed by atoms with E-state index < -0.39 is 0 Å². The average molecular weight is 327 g/mol. The number of hydrogen-bond acceptors (Lipinski definition) is 4. The first-order valence-corrected chi connectivity index (χ1v) is 8.31. The third kappa shape index (κ3) is 2.69.